The summed E-state index contributed by atoms with van der Waals surface area (Å²) in [6.45, 7) is 0. The lowest BCUT2D eigenvalue weighted by Crippen LogP contribution is -2.21. The topological polar surface area (TPSA) is 58.3 Å². The van der Waals surface area contributed by atoms with E-state index in [1.54, 1.807) is 18.2 Å². The number of hydrogen-bond donors (Lipinski definition) is 3. The summed E-state index contributed by atoms with van der Waals surface area (Å²) in [4.78, 5) is 0. The maximum Gasteiger partial charge on any atom is 0.416 e. The molecule has 6 heteroatoms. The number of hydrogen-bond acceptors (Lipinski definition) is 3. The first-order chi connectivity index (χ1) is 10.3. The standard InChI is InChI=1S/C16H15F3N2O/c17-16(18,19)10-2-1-3-12(7-10)21-15-13-8-11(20)5-4-9(13)6-14(15)22/h1-5,7-8,14-15,21-22H,6,20H2/t14-,15-/m1/s1. The van der Waals surface area contributed by atoms with Gasteiger partial charge in [0.2, 0.25) is 0 Å². The number of nitrogens with one attached hydrogen (secondary N) is 1. The summed E-state index contributed by atoms with van der Waals surface area (Å²) in [5.41, 5.74) is 7.68. The van der Waals surface area contributed by atoms with Crippen molar-refractivity contribution < 1.29 is 18.3 Å². The third-order valence-corrected chi connectivity index (χ3v) is 3.83. The van der Waals surface area contributed by atoms with Crippen LogP contribution in [0.15, 0.2) is 42.5 Å². The average molecular weight is 308 g/mol. The Bertz CT molecular complexity index is 700. The SMILES string of the molecule is Nc1ccc2c(c1)[C@@H](Nc1cccc(C(F)(F)F)c1)[C@H](O)C2. The number of aliphatic hydroxyl groups excluding tert-OH is 1. The van der Waals surface area contributed by atoms with Crippen LogP contribution in [0.4, 0.5) is 24.5 Å². The van der Waals surface area contributed by atoms with Crippen molar-refractivity contribution in [2.24, 2.45) is 0 Å². The first-order valence-corrected chi connectivity index (χ1v) is 6.85. The molecule has 2 aromatic rings. The van der Waals surface area contributed by atoms with Crippen molar-refractivity contribution in [1.29, 1.82) is 0 Å². The van der Waals surface area contributed by atoms with E-state index < -0.39 is 23.9 Å². The number of halogens is 3. The monoisotopic (exact) mass is 308 g/mol. The van der Waals surface area contributed by atoms with Crippen molar-refractivity contribution in [2.45, 2.75) is 24.7 Å². The molecule has 2 atom stereocenters. The summed E-state index contributed by atoms with van der Waals surface area (Å²) in [6, 6.07) is 9.80. The number of aliphatic hydroxyl groups is 1. The lowest BCUT2D eigenvalue weighted by atomic mass is 10.1. The average Bonchev–Trinajstić information content (AvgIpc) is 2.75. The molecule has 1 aliphatic carbocycles. The van der Waals surface area contributed by atoms with E-state index in [1.165, 1.54) is 6.07 Å². The zero-order valence-electron chi connectivity index (χ0n) is 11.6. The third-order valence-electron chi connectivity index (χ3n) is 3.83. The molecule has 3 rings (SSSR count). The lowest BCUT2D eigenvalue weighted by Gasteiger charge is -2.20. The van der Waals surface area contributed by atoms with Crippen molar-refractivity contribution in [3.05, 3.63) is 59.2 Å². The van der Waals surface area contributed by atoms with Gasteiger partial charge in [-0.15, -0.1) is 0 Å². The molecule has 0 amide bonds. The second-order valence-electron chi connectivity index (χ2n) is 5.43. The van der Waals surface area contributed by atoms with Gasteiger partial charge in [0, 0.05) is 17.8 Å². The van der Waals surface area contributed by atoms with Crippen LogP contribution >= 0.6 is 0 Å². The molecule has 4 N–H and O–H groups in total. The van der Waals surface area contributed by atoms with Crippen molar-refractivity contribution in [3.63, 3.8) is 0 Å². The van der Waals surface area contributed by atoms with Crippen molar-refractivity contribution in [3.8, 4) is 0 Å². The minimum atomic E-state index is -4.39. The third kappa shape index (κ3) is 2.74. The van der Waals surface area contributed by atoms with E-state index in [9.17, 15) is 18.3 Å². The Labute approximate surface area is 125 Å². The number of rotatable bonds is 2. The molecule has 22 heavy (non-hydrogen) atoms. The van der Waals surface area contributed by atoms with E-state index in [0.717, 1.165) is 23.3 Å². The predicted molar refractivity (Wildman–Crippen MR) is 78.4 cm³/mol. The van der Waals surface area contributed by atoms with Gasteiger partial charge < -0.3 is 16.2 Å². The molecule has 0 fully saturated rings. The van der Waals surface area contributed by atoms with E-state index in [0.29, 0.717) is 17.8 Å². The van der Waals surface area contributed by atoms with E-state index in [2.05, 4.69) is 5.32 Å². The molecule has 0 aliphatic heterocycles. The molecule has 1 aliphatic rings. The van der Waals surface area contributed by atoms with Gasteiger partial charge in [0.25, 0.3) is 0 Å². The lowest BCUT2D eigenvalue weighted by molar-refractivity contribution is -0.137. The van der Waals surface area contributed by atoms with Crippen LogP contribution in [0.3, 0.4) is 0 Å². The zero-order chi connectivity index (χ0) is 15.9. The minimum Gasteiger partial charge on any atom is -0.399 e. The molecule has 0 saturated heterocycles. The molecular formula is C16H15F3N2O. The van der Waals surface area contributed by atoms with Crippen LogP contribution in [0.2, 0.25) is 0 Å². The van der Waals surface area contributed by atoms with Crippen LogP contribution in [-0.2, 0) is 12.6 Å². The maximum absolute atomic E-state index is 12.8. The van der Waals surface area contributed by atoms with Crippen molar-refractivity contribution >= 4 is 11.4 Å². The molecule has 0 unspecified atom stereocenters. The highest BCUT2D eigenvalue weighted by Gasteiger charge is 2.33. The van der Waals surface area contributed by atoms with Crippen molar-refractivity contribution in [2.75, 3.05) is 11.1 Å². The fourth-order valence-corrected chi connectivity index (χ4v) is 2.78. The highest BCUT2D eigenvalue weighted by atomic mass is 19.4. The number of nitrogen functional groups attached to an aromatic ring is 1. The van der Waals surface area contributed by atoms with Gasteiger partial charge in [-0.2, -0.15) is 13.2 Å². The van der Waals surface area contributed by atoms with Gasteiger partial charge in [0.05, 0.1) is 17.7 Å². The van der Waals surface area contributed by atoms with E-state index >= 15 is 0 Å². The Hall–Kier alpha value is -2.21. The smallest absolute Gasteiger partial charge is 0.399 e. The Morgan fingerprint density at radius 3 is 2.64 bits per heavy atom. The van der Waals surface area contributed by atoms with Crippen LogP contribution in [0, 0.1) is 0 Å². The normalized spacial score (nSPS) is 20.7. The molecule has 0 heterocycles. The Morgan fingerprint density at radius 1 is 1.14 bits per heavy atom. The quantitative estimate of drug-likeness (QED) is 0.746. The van der Waals surface area contributed by atoms with Crippen LogP contribution in [0.25, 0.3) is 0 Å². The second-order valence-corrected chi connectivity index (χ2v) is 5.43. The Balaban J connectivity index is 1.90. The fraction of sp³-hybridized carbons (Fsp3) is 0.250. The number of benzene rings is 2. The number of anilines is 2. The van der Waals surface area contributed by atoms with Crippen LogP contribution < -0.4 is 11.1 Å². The van der Waals surface area contributed by atoms with E-state index in [1.807, 2.05) is 6.07 Å². The summed E-state index contributed by atoms with van der Waals surface area (Å²) in [7, 11) is 0. The molecule has 0 radical (unpaired) electrons. The Morgan fingerprint density at radius 2 is 1.91 bits per heavy atom. The number of fused-ring (bicyclic) bond motifs is 1. The summed E-state index contributed by atoms with van der Waals surface area (Å²) in [6.07, 6.45) is -4.65. The molecule has 0 aromatic heterocycles. The highest BCUT2D eigenvalue weighted by molar-refractivity contribution is 5.54. The van der Waals surface area contributed by atoms with Crippen LogP contribution in [0.1, 0.15) is 22.7 Å². The fourth-order valence-electron chi connectivity index (χ4n) is 2.78. The van der Waals surface area contributed by atoms with Gasteiger partial charge in [0.1, 0.15) is 0 Å². The molecule has 2 aromatic carbocycles. The summed E-state index contributed by atoms with van der Waals surface area (Å²) in [5, 5.41) is 13.1. The second kappa shape index (κ2) is 5.21. The largest absolute Gasteiger partial charge is 0.416 e. The zero-order valence-corrected chi connectivity index (χ0v) is 11.6. The van der Waals surface area contributed by atoms with E-state index in [4.69, 9.17) is 5.73 Å². The number of alkyl halides is 3. The predicted octanol–water partition coefficient (Wildman–Crippen LogP) is 3.36. The molecular weight excluding hydrogens is 293 g/mol. The number of nitrogens with two attached hydrogens (primary N) is 1. The molecule has 0 spiro atoms. The Kier molecular flexibility index (Phi) is 3.48. The van der Waals surface area contributed by atoms with Gasteiger partial charge in [-0.25, -0.2) is 0 Å². The summed E-state index contributed by atoms with van der Waals surface area (Å²) >= 11 is 0. The van der Waals surface area contributed by atoms with Crippen molar-refractivity contribution in [1.82, 2.24) is 0 Å². The van der Waals surface area contributed by atoms with Gasteiger partial charge in [-0.3, -0.25) is 0 Å². The van der Waals surface area contributed by atoms with Crippen LogP contribution in [-0.4, -0.2) is 11.2 Å². The first kappa shape index (κ1) is 14.7. The van der Waals surface area contributed by atoms with Gasteiger partial charge >= 0.3 is 6.18 Å². The summed E-state index contributed by atoms with van der Waals surface area (Å²) in [5.74, 6) is 0. The molecule has 116 valence electrons. The van der Waals surface area contributed by atoms with E-state index in [-0.39, 0.29) is 0 Å². The maximum atomic E-state index is 12.8. The first-order valence-electron chi connectivity index (χ1n) is 6.85. The highest BCUT2D eigenvalue weighted by Crippen LogP contribution is 2.37. The van der Waals surface area contributed by atoms with Crippen LogP contribution in [0.5, 0.6) is 0 Å². The van der Waals surface area contributed by atoms with Gasteiger partial charge in [-0.1, -0.05) is 12.1 Å². The summed E-state index contributed by atoms with van der Waals surface area (Å²) < 4.78 is 38.3. The molecule has 0 bridgehead atoms. The molecule has 3 nitrogen and oxygen atoms in total. The van der Waals surface area contributed by atoms with Gasteiger partial charge in [0.15, 0.2) is 0 Å². The van der Waals surface area contributed by atoms with Gasteiger partial charge in [-0.05, 0) is 41.5 Å². The minimum absolute atomic E-state index is 0.314. The molecule has 0 saturated carbocycles.